The zero-order valence-corrected chi connectivity index (χ0v) is 9.81. The van der Waals surface area contributed by atoms with E-state index in [1.807, 2.05) is 0 Å². The number of benzene rings is 2. The molecule has 0 aromatic heterocycles. The summed E-state index contributed by atoms with van der Waals surface area (Å²) in [5, 5.41) is 0. The minimum atomic E-state index is -1.35. The van der Waals surface area contributed by atoms with E-state index in [9.17, 15) is 22.4 Å². The molecule has 1 nitrogen and oxygen atoms in total. The van der Waals surface area contributed by atoms with E-state index in [-0.39, 0.29) is 16.7 Å². The van der Waals surface area contributed by atoms with Gasteiger partial charge in [-0.2, -0.15) is 0 Å². The van der Waals surface area contributed by atoms with Gasteiger partial charge in [-0.1, -0.05) is 0 Å². The number of Topliss-reactive ketones (excluding diaryl/α,β-unsaturated/α-hetero) is 1. The van der Waals surface area contributed by atoms with Gasteiger partial charge in [0.25, 0.3) is 0 Å². The van der Waals surface area contributed by atoms with E-state index in [1.54, 1.807) is 0 Å². The predicted molar refractivity (Wildman–Crippen MR) is 61.7 cm³/mol. The van der Waals surface area contributed by atoms with Crippen molar-refractivity contribution in [3.63, 3.8) is 0 Å². The van der Waals surface area contributed by atoms with Crippen molar-refractivity contribution in [2.24, 2.45) is 0 Å². The summed E-state index contributed by atoms with van der Waals surface area (Å²) in [5.74, 6) is -4.81. The molecule has 0 atom stereocenters. The Morgan fingerprint density at radius 2 is 1.47 bits per heavy atom. The van der Waals surface area contributed by atoms with Crippen molar-refractivity contribution >= 4 is 5.78 Å². The Kier molecular flexibility index (Phi) is 3.38. The second kappa shape index (κ2) is 4.84. The first-order chi connectivity index (χ1) is 8.90. The maximum absolute atomic E-state index is 13.7. The molecule has 0 spiro atoms. The maximum Gasteiger partial charge on any atom is 0.161 e. The molecule has 0 aliphatic rings. The van der Waals surface area contributed by atoms with Crippen LogP contribution in [-0.4, -0.2) is 5.78 Å². The van der Waals surface area contributed by atoms with Gasteiger partial charge in [-0.25, -0.2) is 17.6 Å². The number of rotatable bonds is 2. The van der Waals surface area contributed by atoms with Crippen LogP contribution in [0.1, 0.15) is 17.3 Å². The summed E-state index contributed by atoms with van der Waals surface area (Å²) in [6.45, 7) is 1.22. The molecule has 0 bridgehead atoms. The first kappa shape index (κ1) is 13.3. The summed E-state index contributed by atoms with van der Waals surface area (Å²) >= 11 is 0. The van der Waals surface area contributed by atoms with E-state index in [2.05, 4.69) is 0 Å². The second-order valence-electron chi connectivity index (χ2n) is 3.99. The fourth-order valence-corrected chi connectivity index (χ4v) is 1.78. The maximum atomic E-state index is 13.7. The molecule has 19 heavy (non-hydrogen) atoms. The van der Waals surface area contributed by atoms with Crippen molar-refractivity contribution in [1.82, 2.24) is 0 Å². The Labute approximate surface area is 106 Å². The van der Waals surface area contributed by atoms with Crippen LogP contribution in [-0.2, 0) is 0 Å². The van der Waals surface area contributed by atoms with Gasteiger partial charge in [0.15, 0.2) is 17.4 Å². The Morgan fingerprint density at radius 1 is 0.842 bits per heavy atom. The van der Waals surface area contributed by atoms with E-state index in [4.69, 9.17) is 0 Å². The highest BCUT2D eigenvalue weighted by Gasteiger charge is 2.17. The molecule has 0 aliphatic heterocycles. The molecule has 0 unspecified atom stereocenters. The summed E-state index contributed by atoms with van der Waals surface area (Å²) in [6, 6.07) is 4.09. The van der Waals surface area contributed by atoms with Gasteiger partial charge in [0.05, 0.1) is 0 Å². The molecular weight excluding hydrogens is 260 g/mol. The molecule has 2 rings (SSSR count). The Morgan fingerprint density at radius 3 is 2.11 bits per heavy atom. The van der Waals surface area contributed by atoms with Crippen molar-refractivity contribution in [1.29, 1.82) is 0 Å². The van der Waals surface area contributed by atoms with Crippen molar-refractivity contribution in [3.05, 3.63) is 59.2 Å². The number of carbonyl (C=O) groups is 1. The van der Waals surface area contributed by atoms with Crippen LogP contribution in [0.2, 0.25) is 0 Å². The first-order valence-electron chi connectivity index (χ1n) is 5.35. The SMILES string of the molecule is CC(=O)c1ccc(F)cc1-c1cc(F)c(F)cc1F. The third-order valence-corrected chi connectivity index (χ3v) is 2.66. The standard InChI is InChI=1S/C14H8F4O/c1-7(19)9-3-2-8(15)4-10(9)11-5-13(17)14(18)6-12(11)16/h2-6H,1H3. The molecule has 0 heterocycles. The van der Waals surface area contributed by atoms with Crippen molar-refractivity contribution in [2.45, 2.75) is 6.92 Å². The minimum absolute atomic E-state index is 0.0336. The van der Waals surface area contributed by atoms with E-state index < -0.39 is 29.1 Å². The van der Waals surface area contributed by atoms with Crippen LogP contribution in [0, 0.1) is 23.3 Å². The quantitative estimate of drug-likeness (QED) is 0.455. The molecule has 2 aromatic carbocycles. The molecule has 0 aliphatic carbocycles. The molecule has 98 valence electrons. The number of carbonyl (C=O) groups excluding carboxylic acids is 1. The topological polar surface area (TPSA) is 17.1 Å². The summed E-state index contributed by atoms with van der Waals surface area (Å²) in [6.07, 6.45) is 0. The molecule has 0 saturated heterocycles. The first-order valence-corrected chi connectivity index (χ1v) is 5.35. The van der Waals surface area contributed by atoms with Gasteiger partial charge in [0.2, 0.25) is 0 Å². The lowest BCUT2D eigenvalue weighted by Crippen LogP contribution is -2.00. The third kappa shape index (κ3) is 2.50. The molecule has 2 aromatic rings. The second-order valence-corrected chi connectivity index (χ2v) is 3.99. The van der Waals surface area contributed by atoms with Crippen LogP contribution in [0.25, 0.3) is 11.1 Å². The fraction of sp³-hybridized carbons (Fsp3) is 0.0714. The molecule has 0 saturated carbocycles. The Balaban J connectivity index is 2.74. The van der Waals surface area contributed by atoms with Gasteiger partial charge in [-0.05, 0) is 36.8 Å². The summed E-state index contributed by atoms with van der Waals surface area (Å²) in [4.78, 5) is 11.4. The van der Waals surface area contributed by atoms with Crippen molar-refractivity contribution in [2.75, 3.05) is 0 Å². The molecule has 0 radical (unpaired) electrons. The van der Waals surface area contributed by atoms with Gasteiger partial charge >= 0.3 is 0 Å². The van der Waals surface area contributed by atoms with Crippen LogP contribution in [0.5, 0.6) is 0 Å². The Hall–Kier alpha value is -2.17. The van der Waals surface area contributed by atoms with Crippen LogP contribution in [0.4, 0.5) is 17.6 Å². The number of hydrogen-bond acceptors (Lipinski definition) is 1. The number of ketones is 1. The monoisotopic (exact) mass is 268 g/mol. The molecule has 5 heteroatoms. The highest BCUT2D eigenvalue weighted by molar-refractivity contribution is 6.00. The van der Waals surface area contributed by atoms with Crippen molar-refractivity contribution in [3.8, 4) is 11.1 Å². The third-order valence-electron chi connectivity index (χ3n) is 2.66. The lowest BCUT2D eigenvalue weighted by Gasteiger charge is -2.09. The zero-order chi connectivity index (χ0) is 14.2. The molecular formula is C14H8F4O. The fourth-order valence-electron chi connectivity index (χ4n) is 1.78. The smallest absolute Gasteiger partial charge is 0.161 e. The average Bonchev–Trinajstić information content (AvgIpc) is 2.33. The highest BCUT2D eigenvalue weighted by atomic mass is 19.2. The molecule has 0 amide bonds. The number of halogens is 4. The van der Waals surface area contributed by atoms with Gasteiger partial charge < -0.3 is 0 Å². The predicted octanol–water partition coefficient (Wildman–Crippen LogP) is 4.11. The average molecular weight is 268 g/mol. The van der Waals surface area contributed by atoms with Crippen LogP contribution in [0.15, 0.2) is 30.3 Å². The number of hydrogen-bond donors (Lipinski definition) is 0. The van der Waals surface area contributed by atoms with Crippen molar-refractivity contribution < 1.29 is 22.4 Å². The van der Waals surface area contributed by atoms with Crippen LogP contribution >= 0.6 is 0 Å². The van der Waals surface area contributed by atoms with E-state index in [1.165, 1.54) is 13.0 Å². The van der Waals surface area contributed by atoms with Gasteiger partial charge in [-0.15, -0.1) is 0 Å². The lowest BCUT2D eigenvalue weighted by molar-refractivity contribution is 0.101. The molecule has 0 N–H and O–H groups in total. The Bertz CT molecular complexity index is 665. The minimum Gasteiger partial charge on any atom is -0.294 e. The van der Waals surface area contributed by atoms with Gasteiger partial charge in [0, 0.05) is 17.2 Å². The summed E-state index contributed by atoms with van der Waals surface area (Å²) < 4.78 is 52.9. The summed E-state index contributed by atoms with van der Waals surface area (Å²) in [5.41, 5.74) is -0.432. The summed E-state index contributed by atoms with van der Waals surface area (Å²) in [7, 11) is 0. The zero-order valence-electron chi connectivity index (χ0n) is 9.81. The van der Waals surface area contributed by atoms with E-state index >= 15 is 0 Å². The lowest BCUT2D eigenvalue weighted by atomic mass is 9.96. The van der Waals surface area contributed by atoms with E-state index in [0.29, 0.717) is 12.1 Å². The molecule has 0 fully saturated rings. The van der Waals surface area contributed by atoms with E-state index in [0.717, 1.165) is 12.1 Å². The normalized spacial score (nSPS) is 10.6. The largest absolute Gasteiger partial charge is 0.294 e. The highest BCUT2D eigenvalue weighted by Crippen LogP contribution is 2.29. The van der Waals surface area contributed by atoms with Crippen LogP contribution in [0.3, 0.4) is 0 Å². The van der Waals surface area contributed by atoms with Gasteiger partial charge in [0.1, 0.15) is 11.6 Å². The van der Waals surface area contributed by atoms with Gasteiger partial charge in [-0.3, -0.25) is 4.79 Å². The van der Waals surface area contributed by atoms with Crippen LogP contribution < -0.4 is 0 Å².